The van der Waals surface area contributed by atoms with Crippen LogP contribution in [-0.4, -0.2) is 50.6 Å². The Balaban J connectivity index is 2.67. The fraction of sp³-hybridized carbons (Fsp3) is 0.182. The third-order valence-corrected chi connectivity index (χ3v) is 4.13. The molecule has 0 aliphatic carbocycles. The molecule has 0 saturated carbocycles. The van der Waals surface area contributed by atoms with Gasteiger partial charge in [0, 0.05) is 0 Å². The highest BCUT2D eigenvalue weighted by Crippen LogP contribution is 2.30. The van der Waals surface area contributed by atoms with Crippen LogP contribution in [-0.2, 0) is 19.1 Å². The number of hydrogen-bond donors (Lipinski definition) is 2. The molecule has 158 valence electrons. The number of rotatable bonds is 7. The lowest BCUT2D eigenvalue weighted by atomic mass is 9.99. The van der Waals surface area contributed by atoms with Crippen molar-refractivity contribution in [3.63, 3.8) is 0 Å². The zero-order chi connectivity index (χ0) is 22.3. The van der Waals surface area contributed by atoms with E-state index in [1.165, 1.54) is 64.9 Å². The smallest absolute Gasteiger partial charge is 0.338 e. The molecule has 0 atom stereocenters. The number of phenols is 2. The molecule has 30 heavy (non-hydrogen) atoms. The van der Waals surface area contributed by atoms with E-state index in [0.29, 0.717) is 11.1 Å². The fourth-order valence-electron chi connectivity index (χ4n) is 2.61. The van der Waals surface area contributed by atoms with Gasteiger partial charge in [0.1, 0.15) is 0 Å². The van der Waals surface area contributed by atoms with Gasteiger partial charge in [-0.05, 0) is 47.5 Å². The number of benzene rings is 2. The van der Waals surface area contributed by atoms with Crippen LogP contribution in [0.2, 0.25) is 0 Å². The first-order valence-electron chi connectivity index (χ1n) is 8.69. The van der Waals surface area contributed by atoms with E-state index in [2.05, 4.69) is 0 Å². The van der Waals surface area contributed by atoms with E-state index in [1.54, 1.807) is 12.1 Å². The zero-order valence-corrected chi connectivity index (χ0v) is 17.0. The highest BCUT2D eigenvalue weighted by Gasteiger charge is 2.23. The number of carbonyl (C=O) groups is 2. The van der Waals surface area contributed by atoms with Gasteiger partial charge in [-0.15, -0.1) is 0 Å². The van der Waals surface area contributed by atoms with Gasteiger partial charge in [-0.2, -0.15) is 0 Å². The number of carbonyl (C=O) groups excluding carboxylic acids is 2. The van der Waals surface area contributed by atoms with Crippen molar-refractivity contribution in [3.05, 3.63) is 58.7 Å². The quantitative estimate of drug-likeness (QED) is 0.404. The van der Waals surface area contributed by atoms with Crippen molar-refractivity contribution in [1.82, 2.24) is 0 Å². The summed E-state index contributed by atoms with van der Waals surface area (Å²) < 4.78 is 19.8. The summed E-state index contributed by atoms with van der Waals surface area (Å²) in [6.07, 6.45) is 2.82. The van der Waals surface area contributed by atoms with Crippen LogP contribution in [0, 0.1) is 0 Å². The second-order valence-corrected chi connectivity index (χ2v) is 5.96. The van der Waals surface area contributed by atoms with Crippen molar-refractivity contribution in [2.75, 3.05) is 28.4 Å². The van der Waals surface area contributed by atoms with E-state index in [4.69, 9.17) is 18.9 Å². The summed E-state index contributed by atoms with van der Waals surface area (Å²) in [6.45, 7) is 0. The lowest BCUT2D eigenvalue weighted by molar-refractivity contribution is -0.139. The summed E-state index contributed by atoms with van der Waals surface area (Å²) in [6, 6.07) is 8.87. The maximum Gasteiger partial charge on any atom is 0.338 e. The van der Waals surface area contributed by atoms with Crippen LogP contribution in [0.5, 0.6) is 23.0 Å². The average molecular weight is 414 g/mol. The van der Waals surface area contributed by atoms with Gasteiger partial charge in [0.15, 0.2) is 23.0 Å². The SMILES string of the molecule is COC(=O)C(=Cc1ccc(O)c(OC)c1)C(=Cc1ccc(O)c(OC)c1)C(=O)OC. The number of esters is 2. The van der Waals surface area contributed by atoms with E-state index >= 15 is 0 Å². The Hall–Kier alpha value is -3.94. The van der Waals surface area contributed by atoms with Gasteiger partial charge in [0.2, 0.25) is 0 Å². The molecule has 0 heterocycles. The number of ether oxygens (including phenoxy) is 4. The first-order chi connectivity index (χ1) is 14.3. The van der Waals surface area contributed by atoms with Crippen molar-refractivity contribution >= 4 is 24.1 Å². The highest BCUT2D eigenvalue weighted by atomic mass is 16.5. The molecule has 0 radical (unpaired) electrons. The van der Waals surface area contributed by atoms with E-state index in [1.807, 2.05) is 0 Å². The van der Waals surface area contributed by atoms with E-state index in [-0.39, 0.29) is 34.1 Å². The van der Waals surface area contributed by atoms with Gasteiger partial charge in [-0.3, -0.25) is 0 Å². The Morgan fingerprint density at radius 1 is 0.700 bits per heavy atom. The van der Waals surface area contributed by atoms with Gasteiger partial charge in [0.25, 0.3) is 0 Å². The molecule has 2 aromatic carbocycles. The summed E-state index contributed by atoms with van der Waals surface area (Å²) in [5.41, 5.74) is 0.791. The van der Waals surface area contributed by atoms with E-state index < -0.39 is 11.9 Å². The van der Waals surface area contributed by atoms with E-state index in [9.17, 15) is 19.8 Å². The normalized spacial score (nSPS) is 11.6. The second kappa shape index (κ2) is 10.0. The molecule has 0 fully saturated rings. The summed E-state index contributed by atoms with van der Waals surface area (Å²) in [4.78, 5) is 25.0. The summed E-state index contributed by atoms with van der Waals surface area (Å²) in [5, 5.41) is 19.5. The van der Waals surface area contributed by atoms with Crippen molar-refractivity contribution in [1.29, 1.82) is 0 Å². The molecule has 0 bridgehead atoms. The van der Waals surface area contributed by atoms with Crippen LogP contribution in [0.25, 0.3) is 12.2 Å². The Kier molecular flexibility index (Phi) is 7.46. The van der Waals surface area contributed by atoms with Crippen LogP contribution in [0.1, 0.15) is 11.1 Å². The van der Waals surface area contributed by atoms with Crippen LogP contribution >= 0.6 is 0 Å². The number of phenolic OH excluding ortho intramolecular Hbond substituents is 2. The maximum absolute atomic E-state index is 12.5. The van der Waals surface area contributed by atoms with Gasteiger partial charge < -0.3 is 29.2 Å². The third-order valence-electron chi connectivity index (χ3n) is 4.13. The molecule has 0 aliphatic heterocycles. The summed E-state index contributed by atoms with van der Waals surface area (Å²) in [5.74, 6) is -1.31. The predicted molar refractivity (Wildman–Crippen MR) is 109 cm³/mol. The van der Waals surface area contributed by atoms with Crippen LogP contribution in [0.15, 0.2) is 47.5 Å². The van der Waals surface area contributed by atoms with Crippen molar-refractivity contribution in [3.8, 4) is 23.0 Å². The first kappa shape index (κ1) is 22.4. The van der Waals surface area contributed by atoms with Gasteiger partial charge >= 0.3 is 11.9 Å². The lowest BCUT2D eigenvalue weighted by Gasteiger charge is -2.11. The molecule has 2 aromatic rings. The zero-order valence-electron chi connectivity index (χ0n) is 17.0. The average Bonchev–Trinajstić information content (AvgIpc) is 2.77. The van der Waals surface area contributed by atoms with Crippen LogP contribution in [0.3, 0.4) is 0 Å². The maximum atomic E-state index is 12.5. The van der Waals surface area contributed by atoms with Crippen molar-refractivity contribution < 1.29 is 38.7 Å². The molecule has 2 rings (SSSR count). The fourth-order valence-corrected chi connectivity index (χ4v) is 2.61. The molecule has 0 aromatic heterocycles. The summed E-state index contributed by atoms with van der Waals surface area (Å²) >= 11 is 0. The minimum Gasteiger partial charge on any atom is -0.504 e. The minimum atomic E-state index is -0.774. The predicted octanol–water partition coefficient (Wildman–Crippen LogP) is 2.93. The summed E-state index contributed by atoms with van der Waals surface area (Å²) in [7, 11) is 5.15. The molecule has 8 heteroatoms. The molecular weight excluding hydrogens is 392 g/mol. The van der Waals surface area contributed by atoms with E-state index in [0.717, 1.165) is 0 Å². The largest absolute Gasteiger partial charge is 0.504 e. The highest BCUT2D eigenvalue weighted by molar-refractivity contribution is 6.12. The second-order valence-electron chi connectivity index (χ2n) is 5.96. The van der Waals surface area contributed by atoms with Crippen LogP contribution < -0.4 is 9.47 Å². The third kappa shape index (κ3) is 5.11. The molecule has 0 aliphatic rings. The molecule has 0 amide bonds. The molecule has 2 N–H and O–H groups in total. The molecule has 0 spiro atoms. The molecular formula is C22H22O8. The lowest BCUT2D eigenvalue weighted by Crippen LogP contribution is -2.15. The first-order valence-corrected chi connectivity index (χ1v) is 8.69. The standard InChI is InChI=1S/C22H22O8/c1-27-19-11-13(5-7-17(19)23)9-15(21(25)29-3)16(22(26)30-4)10-14-6-8-18(24)20(12-14)28-2/h5-12,23-24H,1-4H3. The topological polar surface area (TPSA) is 112 Å². The van der Waals surface area contributed by atoms with Crippen molar-refractivity contribution in [2.24, 2.45) is 0 Å². The molecule has 8 nitrogen and oxygen atoms in total. The Morgan fingerprint density at radius 3 is 1.37 bits per heavy atom. The Bertz CT molecular complexity index is 923. The Morgan fingerprint density at radius 2 is 1.07 bits per heavy atom. The number of hydrogen-bond acceptors (Lipinski definition) is 8. The number of methoxy groups -OCH3 is 4. The Labute approximate surface area is 173 Å². The monoisotopic (exact) mass is 414 g/mol. The molecule has 0 unspecified atom stereocenters. The van der Waals surface area contributed by atoms with Gasteiger partial charge in [-0.25, -0.2) is 9.59 Å². The van der Waals surface area contributed by atoms with Crippen LogP contribution in [0.4, 0.5) is 0 Å². The number of aromatic hydroxyl groups is 2. The molecule has 0 saturated heterocycles. The minimum absolute atomic E-state index is 0.0748. The van der Waals surface area contributed by atoms with Gasteiger partial charge in [-0.1, -0.05) is 12.1 Å². The van der Waals surface area contributed by atoms with Gasteiger partial charge in [0.05, 0.1) is 39.6 Å². The van der Waals surface area contributed by atoms with Crippen molar-refractivity contribution in [2.45, 2.75) is 0 Å².